The summed E-state index contributed by atoms with van der Waals surface area (Å²) in [6, 6.07) is 0.298. The molecule has 0 aliphatic rings. The van der Waals surface area contributed by atoms with Crippen LogP contribution in [0.5, 0.6) is 0 Å². The zero-order valence-corrected chi connectivity index (χ0v) is 8.81. The highest BCUT2D eigenvalue weighted by atomic mass is 16.1. The van der Waals surface area contributed by atoms with Gasteiger partial charge in [-0.25, -0.2) is 0 Å². The Balaban J connectivity index is 3.53. The minimum absolute atomic E-state index is 0.298. The summed E-state index contributed by atoms with van der Waals surface area (Å²) in [5, 5.41) is 3.21. The number of hydrogen-bond acceptors (Lipinski definition) is 2. The van der Waals surface area contributed by atoms with Crippen molar-refractivity contribution >= 4 is 5.78 Å². The van der Waals surface area contributed by atoms with Gasteiger partial charge in [-0.2, -0.15) is 0 Å². The Labute approximate surface area is 81.1 Å². The van der Waals surface area contributed by atoms with Gasteiger partial charge in [-0.05, 0) is 20.4 Å². The predicted octanol–water partition coefficient (Wildman–Crippen LogP) is 1.75. The summed E-state index contributed by atoms with van der Waals surface area (Å²) < 4.78 is 0. The van der Waals surface area contributed by atoms with Gasteiger partial charge in [0.15, 0.2) is 0 Å². The minimum atomic E-state index is 0.298. The molecule has 0 fully saturated rings. The molecular formula is C11H19NO. The Morgan fingerprint density at radius 3 is 2.77 bits per heavy atom. The molecule has 0 aliphatic carbocycles. The van der Waals surface area contributed by atoms with Gasteiger partial charge in [0.1, 0.15) is 5.78 Å². The van der Waals surface area contributed by atoms with Crippen LogP contribution in [0.4, 0.5) is 0 Å². The first-order valence-corrected chi connectivity index (χ1v) is 4.85. The lowest BCUT2D eigenvalue weighted by Crippen LogP contribution is -2.27. The molecule has 0 saturated heterocycles. The van der Waals surface area contributed by atoms with Gasteiger partial charge in [0.2, 0.25) is 0 Å². The number of nitrogens with one attached hydrogen (secondary N) is 1. The fourth-order valence-corrected chi connectivity index (χ4v) is 1.19. The Morgan fingerprint density at radius 1 is 1.54 bits per heavy atom. The monoisotopic (exact) mass is 181 g/mol. The van der Waals surface area contributed by atoms with Gasteiger partial charge in [0, 0.05) is 25.3 Å². The lowest BCUT2D eigenvalue weighted by Gasteiger charge is -2.09. The van der Waals surface area contributed by atoms with Crippen molar-refractivity contribution in [1.82, 2.24) is 5.32 Å². The highest BCUT2D eigenvalue weighted by molar-refractivity contribution is 5.79. The van der Waals surface area contributed by atoms with Crippen molar-refractivity contribution in [2.24, 2.45) is 0 Å². The molecule has 1 atom stereocenters. The van der Waals surface area contributed by atoms with Crippen molar-refractivity contribution < 1.29 is 4.79 Å². The van der Waals surface area contributed by atoms with E-state index in [-0.39, 0.29) is 0 Å². The number of ketones is 1. The van der Waals surface area contributed by atoms with Crippen LogP contribution in [-0.2, 0) is 4.79 Å². The van der Waals surface area contributed by atoms with Gasteiger partial charge in [0.05, 0.1) is 0 Å². The van der Waals surface area contributed by atoms with Crippen molar-refractivity contribution in [2.75, 3.05) is 6.54 Å². The molecule has 0 aliphatic heterocycles. The van der Waals surface area contributed by atoms with Gasteiger partial charge in [0.25, 0.3) is 0 Å². The van der Waals surface area contributed by atoms with E-state index in [1.165, 1.54) is 0 Å². The van der Waals surface area contributed by atoms with Gasteiger partial charge < -0.3 is 5.32 Å². The van der Waals surface area contributed by atoms with Crippen LogP contribution in [0, 0.1) is 11.8 Å². The summed E-state index contributed by atoms with van der Waals surface area (Å²) in [6.07, 6.45) is 1.92. The second-order valence-electron chi connectivity index (χ2n) is 3.13. The third-order valence-electron chi connectivity index (χ3n) is 1.79. The highest BCUT2D eigenvalue weighted by Crippen LogP contribution is 1.98. The zero-order valence-electron chi connectivity index (χ0n) is 8.81. The average Bonchev–Trinajstić information content (AvgIpc) is 2.05. The molecule has 0 heterocycles. The van der Waals surface area contributed by atoms with Crippen molar-refractivity contribution in [1.29, 1.82) is 0 Å². The normalized spacial score (nSPS) is 11.6. The molecule has 0 saturated carbocycles. The van der Waals surface area contributed by atoms with Crippen LogP contribution in [0.15, 0.2) is 0 Å². The summed E-state index contributed by atoms with van der Waals surface area (Å²) in [6.45, 7) is 6.80. The van der Waals surface area contributed by atoms with Gasteiger partial charge in [-0.15, -0.1) is 11.8 Å². The van der Waals surface area contributed by atoms with Gasteiger partial charge in [-0.1, -0.05) is 6.92 Å². The third-order valence-corrected chi connectivity index (χ3v) is 1.79. The Bertz CT molecular complexity index is 200. The van der Waals surface area contributed by atoms with Gasteiger partial charge >= 0.3 is 0 Å². The fraction of sp³-hybridized carbons (Fsp3) is 0.727. The van der Waals surface area contributed by atoms with Crippen LogP contribution < -0.4 is 5.32 Å². The molecule has 1 unspecified atom stereocenters. The number of carbonyl (C=O) groups excluding carboxylic acids is 1. The van der Waals surface area contributed by atoms with E-state index in [1.54, 1.807) is 6.92 Å². The molecule has 0 rings (SSSR count). The van der Waals surface area contributed by atoms with Crippen LogP contribution in [0.1, 0.15) is 40.0 Å². The molecule has 74 valence electrons. The van der Waals surface area contributed by atoms with Crippen molar-refractivity contribution in [3.63, 3.8) is 0 Å². The number of carbonyl (C=O) groups is 1. The second kappa shape index (κ2) is 7.82. The van der Waals surface area contributed by atoms with Crippen molar-refractivity contribution in [2.45, 2.75) is 46.1 Å². The lowest BCUT2D eigenvalue weighted by atomic mass is 10.1. The standard InChI is InChI=1S/C11H19NO/c1-4-6-7-8-11(13)9-10(3)12-5-2/h10,12H,5,7-9H2,1-3H3. The third kappa shape index (κ3) is 7.55. The summed E-state index contributed by atoms with van der Waals surface area (Å²) in [7, 11) is 0. The van der Waals surface area contributed by atoms with E-state index < -0.39 is 0 Å². The molecular weight excluding hydrogens is 162 g/mol. The predicted molar refractivity (Wildman–Crippen MR) is 55.4 cm³/mol. The van der Waals surface area contributed by atoms with E-state index in [1.807, 2.05) is 13.8 Å². The van der Waals surface area contributed by atoms with Crippen molar-refractivity contribution in [3.05, 3.63) is 0 Å². The van der Waals surface area contributed by atoms with Crippen LogP contribution in [-0.4, -0.2) is 18.4 Å². The van der Waals surface area contributed by atoms with Crippen LogP contribution >= 0.6 is 0 Å². The molecule has 13 heavy (non-hydrogen) atoms. The van der Waals surface area contributed by atoms with E-state index in [9.17, 15) is 4.79 Å². The molecule has 0 amide bonds. The Morgan fingerprint density at radius 2 is 2.23 bits per heavy atom. The summed E-state index contributed by atoms with van der Waals surface area (Å²) in [4.78, 5) is 11.3. The smallest absolute Gasteiger partial charge is 0.135 e. The van der Waals surface area contributed by atoms with Crippen LogP contribution in [0.3, 0.4) is 0 Å². The maximum atomic E-state index is 11.3. The molecule has 0 aromatic carbocycles. The quantitative estimate of drug-likeness (QED) is 0.632. The first-order valence-electron chi connectivity index (χ1n) is 4.85. The summed E-state index contributed by atoms with van der Waals surface area (Å²) >= 11 is 0. The molecule has 1 N–H and O–H groups in total. The van der Waals surface area contributed by atoms with Crippen molar-refractivity contribution in [3.8, 4) is 11.8 Å². The summed E-state index contributed by atoms with van der Waals surface area (Å²) in [5.74, 6) is 5.98. The number of hydrogen-bond donors (Lipinski definition) is 1. The Hall–Kier alpha value is -0.810. The second-order valence-corrected chi connectivity index (χ2v) is 3.13. The SMILES string of the molecule is CC#CCCC(=O)CC(C)NCC. The first kappa shape index (κ1) is 12.2. The molecule has 0 aromatic rings. The molecule has 0 radical (unpaired) electrons. The minimum Gasteiger partial charge on any atom is -0.314 e. The molecule has 0 spiro atoms. The van der Waals surface area contributed by atoms with E-state index in [0.29, 0.717) is 31.1 Å². The molecule has 0 aromatic heterocycles. The number of rotatable bonds is 6. The largest absolute Gasteiger partial charge is 0.314 e. The maximum absolute atomic E-state index is 11.3. The molecule has 2 nitrogen and oxygen atoms in total. The molecule has 2 heteroatoms. The maximum Gasteiger partial charge on any atom is 0.135 e. The zero-order chi connectivity index (χ0) is 10.1. The Kier molecular flexibility index (Phi) is 7.33. The van der Waals surface area contributed by atoms with E-state index in [4.69, 9.17) is 0 Å². The first-order chi connectivity index (χ1) is 6.20. The highest BCUT2D eigenvalue weighted by Gasteiger charge is 2.06. The number of Topliss-reactive ketones (excluding diaryl/α,β-unsaturated/α-hetero) is 1. The average molecular weight is 181 g/mol. The van der Waals surface area contributed by atoms with E-state index >= 15 is 0 Å². The topological polar surface area (TPSA) is 29.1 Å². The van der Waals surface area contributed by atoms with E-state index in [2.05, 4.69) is 17.2 Å². The van der Waals surface area contributed by atoms with Gasteiger partial charge in [-0.3, -0.25) is 4.79 Å². The van der Waals surface area contributed by atoms with Crippen LogP contribution in [0.2, 0.25) is 0 Å². The lowest BCUT2D eigenvalue weighted by molar-refractivity contribution is -0.119. The van der Waals surface area contributed by atoms with E-state index in [0.717, 1.165) is 6.54 Å². The molecule has 0 bridgehead atoms. The van der Waals surface area contributed by atoms with Crippen LogP contribution in [0.25, 0.3) is 0 Å². The fourth-order valence-electron chi connectivity index (χ4n) is 1.19. The summed E-state index contributed by atoms with van der Waals surface area (Å²) in [5.41, 5.74) is 0.